The summed E-state index contributed by atoms with van der Waals surface area (Å²) in [6, 6.07) is 9.23. The minimum atomic E-state index is -0.182. The molecule has 116 valence electrons. The number of nitrogens with zero attached hydrogens (tertiary/aromatic N) is 3. The summed E-state index contributed by atoms with van der Waals surface area (Å²) in [6.45, 7) is 2.14. The minimum absolute atomic E-state index is 0.0233. The average molecular weight is 302 g/mol. The van der Waals surface area contributed by atoms with Gasteiger partial charge in [0.25, 0.3) is 0 Å². The summed E-state index contributed by atoms with van der Waals surface area (Å²) < 4.78 is 0. The van der Waals surface area contributed by atoms with Crippen LogP contribution in [0.3, 0.4) is 0 Å². The van der Waals surface area contributed by atoms with Crippen molar-refractivity contribution in [3.8, 4) is 0 Å². The normalized spacial score (nSPS) is 18.6. The SMILES string of the molecule is O=C1CN(C(=O)CN2CCN(c3ccccc3)C2=O)CCN1. The van der Waals surface area contributed by atoms with Gasteiger partial charge in [-0.15, -0.1) is 0 Å². The van der Waals surface area contributed by atoms with Crippen LogP contribution in [0.2, 0.25) is 0 Å². The van der Waals surface area contributed by atoms with Crippen LogP contribution in [-0.4, -0.2) is 66.9 Å². The maximum atomic E-state index is 12.4. The number of amides is 4. The zero-order valence-electron chi connectivity index (χ0n) is 12.2. The number of anilines is 1. The van der Waals surface area contributed by atoms with Crippen molar-refractivity contribution < 1.29 is 14.4 Å². The van der Waals surface area contributed by atoms with E-state index in [2.05, 4.69) is 5.32 Å². The molecule has 2 heterocycles. The number of hydrogen-bond donors (Lipinski definition) is 1. The van der Waals surface area contributed by atoms with Gasteiger partial charge in [-0.2, -0.15) is 0 Å². The Morgan fingerprint density at radius 2 is 1.86 bits per heavy atom. The van der Waals surface area contributed by atoms with Gasteiger partial charge in [0.15, 0.2) is 0 Å². The highest BCUT2D eigenvalue weighted by Crippen LogP contribution is 2.19. The van der Waals surface area contributed by atoms with Crippen molar-refractivity contribution in [1.29, 1.82) is 0 Å². The first-order valence-electron chi connectivity index (χ1n) is 7.31. The van der Waals surface area contributed by atoms with Crippen molar-refractivity contribution in [3.05, 3.63) is 30.3 Å². The van der Waals surface area contributed by atoms with Crippen LogP contribution >= 0.6 is 0 Å². The Morgan fingerprint density at radius 1 is 1.09 bits per heavy atom. The summed E-state index contributed by atoms with van der Waals surface area (Å²) in [5, 5.41) is 2.68. The molecule has 2 aliphatic rings. The Kier molecular flexibility index (Phi) is 3.95. The number of hydrogen-bond acceptors (Lipinski definition) is 3. The topological polar surface area (TPSA) is 73.0 Å². The van der Waals surface area contributed by atoms with Crippen molar-refractivity contribution >= 4 is 23.5 Å². The smallest absolute Gasteiger partial charge is 0.325 e. The van der Waals surface area contributed by atoms with Gasteiger partial charge in [-0.25, -0.2) is 4.79 Å². The molecule has 2 saturated heterocycles. The molecule has 0 unspecified atom stereocenters. The number of benzene rings is 1. The number of carbonyl (C=O) groups excluding carboxylic acids is 3. The molecular formula is C15H18N4O3. The lowest BCUT2D eigenvalue weighted by Crippen LogP contribution is -2.52. The number of urea groups is 1. The third-order valence-electron chi connectivity index (χ3n) is 3.88. The first-order valence-corrected chi connectivity index (χ1v) is 7.31. The Bertz CT molecular complexity index is 590. The van der Waals surface area contributed by atoms with E-state index in [1.54, 1.807) is 4.90 Å². The zero-order chi connectivity index (χ0) is 15.5. The van der Waals surface area contributed by atoms with E-state index in [4.69, 9.17) is 0 Å². The third-order valence-corrected chi connectivity index (χ3v) is 3.88. The van der Waals surface area contributed by atoms with Gasteiger partial charge in [0.05, 0.1) is 6.54 Å². The van der Waals surface area contributed by atoms with Gasteiger partial charge in [-0.3, -0.25) is 14.5 Å². The van der Waals surface area contributed by atoms with Gasteiger partial charge in [0.2, 0.25) is 11.8 Å². The predicted octanol–water partition coefficient (Wildman–Crippen LogP) is -0.113. The van der Waals surface area contributed by atoms with Crippen LogP contribution in [0.1, 0.15) is 0 Å². The predicted molar refractivity (Wildman–Crippen MR) is 80.3 cm³/mol. The summed E-state index contributed by atoms with van der Waals surface area (Å²) >= 11 is 0. The molecule has 0 aromatic heterocycles. The molecule has 2 fully saturated rings. The largest absolute Gasteiger partial charge is 0.353 e. The number of nitrogens with one attached hydrogen (secondary N) is 1. The van der Waals surface area contributed by atoms with Crippen molar-refractivity contribution in [2.24, 2.45) is 0 Å². The summed E-state index contributed by atoms with van der Waals surface area (Å²) in [7, 11) is 0. The highest BCUT2D eigenvalue weighted by Gasteiger charge is 2.32. The molecule has 3 rings (SSSR count). The lowest BCUT2D eigenvalue weighted by molar-refractivity contribution is -0.138. The summed E-state index contributed by atoms with van der Waals surface area (Å²) in [5.41, 5.74) is 0.833. The van der Waals surface area contributed by atoms with Crippen LogP contribution in [0, 0.1) is 0 Å². The van der Waals surface area contributed by atoms with Gasteiger partial charge >= 0.3 is 6.03 Å². The average Bonchev–Trinajstić information content (AvgIpc) is 2.89. The maximum Gasteiger partial charge on any atom is 0.325 e. The lowest BCUT2D eigenvalue weighted by Gasteiger charge is -2.28. The highest BCUT2D eigenvalue weighted by atomic mass is 16.2. The van der Waals surface area contributed by atoms with Crippen molar-refractivity contribution in [3.63, 3.8) is 0 Å². The van der Waals surface area contributed by atoms with Gasteiger partial charge in [0, 0.05) is 31.9 Å². The number of piperazine rings is 1. The van der Waals surface area contributed by atoms with Crippen LogP contribution in [0.5, 0.6) is 0 Å². The van der Waals surface area contributed by atoms with Crippen LogP contribution in [-0.2, 0) is 9.59 Å². The second kappa shape index (κ2) is 6.05. The van der Waals surface area contributed by atoms with E-state index in [9.17, 15) is 14.4 Å². The molecule has 7 heteroatoms. The van der Waals surface area contributed by atoms with Crippen molar-refractivity contribution in [2.45, 2.75) is 0 Å². The fourth-order valence-electron chi connectivity index (χ4n) is 2.69. The first kappa shape index (κ1) is 14.4. The van der Waals surface area contributed by atoms with Crippen molar-refractivity contribution in [1.82, 2.24) is 15.1 Å². The second-order valence-corrected chi connectivity index (χ2v) is 5.36. The Hall–Kier alpha value is -2.57. The lowest BCUT2D eigenvalue weighted by atomic mass is 10.3. The molecule has 4 amide bonds. The first-order chi connectivity index (χ1) is 10.6. The Labute approximate surface area is 128 Å². The van der Waals surface area contributed by atoms with Crippen LogP contribution in [0.15, 0.2) is 30.3 Å². The fraction of sp³-hybridized carbons (Fsp3) is 0.400. The van der Waals surface area contributed by atoms with E-state index in [1.165, 1.54) is 9.80 Å². The summed E-state index contributed by atoms with van der Waals surface area (Å²) in [5.74, 6) is -0.337. The quantitative estimate of drug-likeness (QED) is 0.846. The van der Waals surface area contributed by atoms with Gasteiger partial charge in [-0.1, -0.05) is 18.2 Å². The standard InChI is InChI=1S/C15H18N4O3/c20-13-10-17(7-6-16-13)14(21)11-18-8-9-19(15(18)22)12-4-2-1-3-5-12/h1-5H,6-11H2,(H,16,20). The molecule has 7 nitrogen and oxygen atoms in total. The molecule has 0 bridgehead atoms. The fourth-order valence-corrected chi connectivity index (χ4v) is 2.69. The zero-order valence-corrected chi connectivity index (χ0v) is 12.2. The molecule has 0 spiro atoms. The van der Waals surface area contributed by atoms with E-state index in [0.29, 0.717) is 26.2 Å². The molecular weight excluding hydrogens is 284 g/mol. The van der Waals surface area contributed by atoms with Crippen LogP contribution in [0.4, 0.5) is 10.5 Å². The molecule has 22 heavy (non-hydrogen) atoms. The summed E-state index contributed by atoms with van der Waals surface area (Å²) in [6.07, 6.45) is 0. The monoisotopic (exact) mass is 302 g/mol. The Morgan fingerprint density at radius 3 is 2.59 bits per heavy atom. The maximum absolute atomic E-state index is 12.4. The van der Waals surface area contributed by atoms with E-state index < -0.39 is 0 Å². The number of para-hydroxylation sites is 1. The van der Waals surface area contributed by atoms with Crippen LogP contribution < -0.4 is 10.2 Å². The van der Waals surface area contributed by atoms with E-state index >= 15 is 0 Å². The summed E-state index contributed by atoms with van der Waals surface area (Å²) in [4.78, 5) is 40.6. The molecule has 1 N–H and O–H groups in total. The van der Waals surface area contributed by atoms with Gasteiger partial charge in [-0.05, 0) is 12.1 Å². The van der Waals surface area contributed by atoms with E-state index in [0.717, 1.165) is 5.69 Å². The van der Waals surface area contributed by atoms with Gasteiger partial charge < -0.3 is 15.1 Å². The molecule has 1 aromatic carbocycles. The van der Waals surface area contributed by atoms with Crippen molar-refractivity contribution in [2.75, 3.05) is 44.2 Å². The van der Waals surface area contributed by atoms with Crippen LogP contribution in [0.25, 0.3) is 0 Å². The molecule has 0 atom stereocenters. The molecule has 0 saturated carbocycles. The molecule has 0 radical (unpaired) electrons. The van der Waals surface area contributed by atoms with E-state index in [1.807, 2.05) is 30.3 Å². The highest BCUT2D eigenvalue weighted by molar-refractivity contribution is 5.97. The molecule has 2 aliphatic heterocycles. The van der Waals surface area contributed by atoms with Gasteiger partial charge in [0.1, 0.15) is 6.54 Å². The minimum Gasteiger partial charge on any atom is -0.353 e. The Balaban J connectivity index is 1.61. The third kappa shape index (κ3) is 2.88. The number of carbonyl (C=O) groups is 3. The number of rotatable bonds is 3. The molecule has 0 aliphatic carbocycles. The second-order valence-electron chi connectivity index (χ2n) is 5.36. The molecule has 1 aromatic rings. The van der Waals surface area contributed by atoms with E-state index in [-0.39, 0.29) is 30.9 Å².